The van der Waals surface area contributed by atoms with Crippen LogP contribution in [-0.4, -0.2) is 25.8 Å². The number of nitrogen functional groups attached to an aromatic ring is 1. The number of nitrogens with zero attached hydrogens (tertiary/aromatic N) is 4. The average Bonchev–Trinajstić information content (AvgIpc) is 3.11. The highest BCUT2D eigenvalue weighted by molar-refractivity contribution is 6.30. The molecule has 1 aliphatic carbocycles. The normalized spacial score (nSPS) is 14.8. The summed E-state index contributed by atoms with van der Waals surface area (Å²) in [6.07, 6.45) is 6.06. The molecule has 30 heavy (non-hydrogen) atoms. The molecule has 2 aromatic heterocycles. The summed E-state index contributed by atoms with van der Waals surface area (Å²) in [5.74, 6) is 1.12. The van der Waals surface area contributed by atoms with Crippen molar-refractivity contribution in [1.82, 2.24) is 19.7 Å². The Balaban J connectivity index is 1.66. The molecular weight excluding hydrogens is 396 g/mol. The van der Waals surface area contributed by atoms with Gasteiger partial charge in [-0.2, -0.15) is 4.98 Å². The van der Waals surface area contributed by atoms with Crippen molar-refractivity contribution < 1.29 is 0 Å². The fourth-order valence-electron chi connectivity index (χ4n) is 4.09. The molecule has 1 saturated carbocycles. The Kier molecular flexibility index (Phi) is 5.01. The van der Waals surface area contributed by atoms with Gasteiger partial charge in [0, 0.05) is 16.6 Å². The first-order chi connectivity index (χ1) is 14.7. The highest BCUT2D eigenvalue weighted by atomic mass is 35.5. The van der Waals surface area contributed by atoms with E-state index in [1.54, 1.807) is 4.68 Å². The van der Waals surface area contributed by atoms with E-state index >= 15 is 0 Å². The molecule has 5 rings (SSSR count). The molecule has 0 radical (unpaired) electrons. The number of nitrogens with two attached hydrogens (primary N) is 1. The lowest BCUT2D eigenvalue weighted by Gasteiger charge is -2.22. The average molecular weight is 419 g/mol. The van der Waals surface area contributed by atoms with Gasteiger partial charge in [-0.05, 0) is 37.1 Å². The van der Waals surface area contributed by atoms with Crippen LogP contribution in [0.4, 0.5) is 11.8 Å². The third-order valence-electron chi connectivity index (χ3n) is 5.63. The first-order valence-corrected chi connectivity index (χ1v) is 10.7. The quantitative estimate of drug-likeness (QED) is 0.459. The van der Waals surface area contributed by atoms with Gasteiger partial charge in [0.2, 0.25) is 5.95 Å². The van der Waals surface area contributed by atoms with Crippen LogP contribution in [0.2, 0.25) is 5.02 Å². The molecule has 2 aromatic carbocycles. The summed E-state index contributed by atoms with van der Waals surface area (Å²) in [5.41, 5.74) is 9.73. The van der Waals surface area contributed by atoms with Gasteiger partial charge in [-0.3, -0.25) is 0 Å². The number of hydrogen-bond acceptors (Lipinski definition) is 5. The van der Waals surface area contributed by atoms with Crippen LogP contribution in [0.5, 0.6) is 0 Å². The molecule has 7 heteroatoms. The number of fused-ring (bicyclic) bond motifs is 1. The number of rotatable bonds is 4. The van der Waals surface area contributed by atoms with Crippen molar-refractivity contribution >= 4 is 34.4 Å². The van der Waals surface area contributed by atoms with E-state index in [-0.39, 0.29) is 0 Å². The molecule has 1 fully saturated rings. The van der Waals surface area contributed by atoms with Crippen molar-refractivity contribution in [1.29, 1.82) is 0 Å². The second kappa shape index (κ2) is 7.95. The predicted molar refractivity (Wildman–Crippen MR) is 122 cm³/mol. The minimum atomic E-state index is 0.399. The molecule has 0 bridgehead atoms. The van der Waals surface area contributed by atoms with Gasteiger partial charge in [-0.15, -0.1) is 5.10 Å². The van der Waals surface area contributed by atoms with Crippen LogP contribution in [0.3, 0.4) is 0 Å². The minimum absolute atomic E-state index is 0.399. The zero-order valence-corrected chi connectivity index (χ0v) is 17.3. The molecule has 1 aliphatic rings. The molecule has 0 spiro atoms. The third kappa shape index (κ3) is 3.59. The SMILES string of the molecule is Nc1c2c(-c3ccccc3)nc(NC3CCCCC3)nc2nn1-c1ccc(Cl)cc1. The number of aromatic nitrogens is 4. The summed E-state index contributed by atoms with van der Waals surface area (Å²) in [6.45, 7) is 0. The van der Waals surface area contributed by atoms with Crippen LogP contribution in [0.15, 0.2) is 54.6 Å². The number of anilines is 2. The number of benzene rings is 2. The van der Waals surface area contributed by atoms with Crippen LogP contribution >= 0.6 is 11.6 Å². The van der Waals surface area contributed by atoms with Gasteiger partial charge in [0.25, 0.3) is 0 Å². The molecule has 2 heterocycles. The van der Waals surface area contributed by atoms with E-state index in [0.717, 1.165) is 35.2 Å². The van der Waals surface area contributed by atoms with Gasteiger partial charge in [0.1, 0.15) is 5.82 Å². The zero-order chi connectivity index (χ0) is 20.5. The first-order valence-electron chi connectivity index (χ1n) is 10.3. The summed E-state index contributed by atoms with van der Waals surface area (Å²) < 4.78 is 1.70. The van der Waals surface area contributed by atoms with E-state index in [9.17, 15) is 0 Å². The van der Waals surface area contributed by atoms with Gasteiger partial charge in [0.05, 0.1) is 16.8 Å². The topological polar surface area (TPSA) is 81.7 Å². The lowest BCUT2D eigenvalue weighted by molar-refractivity contribution is 0.461. The van der Waals surface area contributed by atoms with Crippen LogP contribution in [0.25, 0.3) is 28.0 Å². The summed E-state index contributed by atoms with van der Waals surface area (Å²) in [6, 6.07) is 17.9. The molecule has 0 saturated heterocycles. The number of hydrogen-bond donors (Lipinski definition) is 2. The van der Waals surface area contributed by atoms with E-state index in [1.807, 2.05) is 54.6 Å². The molecular formula is C23H23ClN6. The van der Waals surface area contributed by atoms with E-state index in [4.69, 9.17) is 32.4 Å². The largest absolute Gasteiger partial charge is 0.383 e. The molecule has 0 amide bonds. The highest BCUT2D eigenvalue weighted by Crippen LogP contribution is 2.33. The van der Waals surface area contributed by atoms with Crippen molar-refractivity contribution in [2.24, 2.45) is 0 Å². The molecule has 0 unspecified atom stereocenters. The summed E-state index contributed by atoms with van der Waals surface area (Å²) in [7, 11) is 0. The Bertz CT molecular complexity index is 1160. The lowest BCUT2D eigenvalue weighted by atomic mass is 9.96. The molecule has 6 nitrogen and oxygen atoms in total. The van der Waals surface area contributed by atoms with Gasteiger partial charge in [-0.1, -0.05) is 61.2 Å². The van der Waals surface area contributed by atoms with Gasteiger partial charge in [0.15, 0.2) is 5.65 Å². The number of nitrogens with one attached hydrogen (secondary N) is 1. The Morgan fingerprint density at radius 2 is 1.67 bits per heavy atom. The Hall–Kier alpha value is -3.12. The minimum Gasteiger partial charge on any atom is -0.383 e. The molecule has 4 aromatic rings. The van der Waals surface area contributed by atoms with Gasteiger partial charge < -0.3 is 11.1 Å². The lowest BCUT2D eigenvalue weighted by Crippen LogP contribution is -2.23. The van der Waals surface area contributed by atoms with Crippen LogP contribution in [-0.2, 0) is 0 Å². The summed E-state index contributed by atoms with van der Waals surface area (Å²) in [4.78, 5) is 9.59. The van der Waals surface area contributed by atoms with Crippen LogP contribution < -0.4 is 11.1 Å². The van der Waals surface area contributed by atoms with Crippen molar-refractivity contribution in [3.05, 3.63) is 59.6 Å². The number of halogens is 1. The maximum absolute atomic E-state index is 6.55. The molecule has 3 N–H and O–H groups in total. The summed E-state index contributed by atoms with van der Waals surface area (Å²) >= 11 is 6.04. The van der Waals surface area contributed by atoms with Gasteiger partial charge in [-0.25, -0.2) is 9.67 Å². The Morgan fingerprint density at radius 1 is 0.933 bits per heavy atom. The highest BCUT2D eigenvalue weighted by Gasteiger charge is 2.21. The first kappa shape index (κ1) is 18.9. The fraction of sp³-hybridized carbons (Fsp3) is 0.261. The second-order valence-electron chi connectivity index (χ2n) is 7.71. The van der Waals surface area contributed by atoms with Crippen molar-refractivity contribution in [2.45, 2.75) is 38.1 Å². The third-order valence-corrected chi connectivity index (χ3v) is 5.88. The Morgan fingerprint density at radius 3 is 2.40 bits per heavy atom. The van der Waals surface area contributed by atoms with Crippen molar-refractivity contribution in [2.75, 3.05) is 11.1 Å². The summed E-state index contributed by atoms with van der Waals surface area (Å²) in [5, 5.41) is 9.66. The molecule has 0 atom stereocenters. The Labute approximate surface area is 180 Å². The monoisotopic (exact) mass is 418 g/mol. The van der Waals surface area contributed by atoms with Crippen LogP contribution in [0.1, 0.15) is 32.1 Å². The zero-order valence-electron chi connectivity index (χ0n) is 16.6. The van der Waals surface area contributed by atoms with Gasteiger partial charge >= 0.3 is 0 Å². The fourth-order valence-corrected chi connectivity index (χ4v) is 4.22. The van der Waals surface area contributed by atoms with E-state index in [1.165, 1.54) is 19.3 Å². The van der Waals surface area contributed by atoms with E-state index in [0.29, 0.717) is 28.5 Å². The standard InChI is InChI=1S/C23H23ClN6/c24-16-11-13-18(14-12-16)30-21(25)19-20(15-7-3-1-4-8-15)27-23(28-22(19)29-30)26-17-9-5-2-6-10-17/h1,3-4,7-8,11-14,17H,2,5-6,9-10,25H2,(H,26,28,29). The maximum Gasteiger partial charge on any atom is 0.225 e. The smallest absolute Gasteiger partial charge is 0.225 e. The van der Waals surface area contributed by atoms with Crippen molar-refractivity contribution in [3.8, 4) is 16.9 Å². The second-order valence-corrected chi connectivity index (χ2v) is 8.15. The molecule has 152 valence electrons. The maximum atomic E-state index is 6.55. The predicted octanol–water partition coefficient (Wildman–Crippen LogP) is 5.46. The van der Waals surface area contributed by atoms with Crippen LogP contribution in [0, 0.1) is 0 Å². The van der Waals surface area contributed by atoms with E-state index in [2.05, 4.69) is 5.32 Å². The molecule has 0 aliphatic heterocycles. The van der Waals surface area contributed by atoms with E-state index < -0.39 is 0 Å². The van der Waals surface area contributed by atoms with Crippen molar-refractivity contribution in [3.63, 3.8) is 0 Å².